The van der Waals surface area contributed by atoms with E-state index in [0.717, 1.165) is 0 Å². The minimum absolute atomic E-state index is 0.157. The number of benzene rings is 1. The number of halogens is 1. The summed E-state index contributed by atoms with van der Waals surface area (Å²) in [5.74, 6) is -1.69. The molecule has 19 heavy (non-hydrogen) atoms. The van der Waals surface area contributed by atoms with Crippen molar-refractivity contribution < 1.29 is 24.5 Å². The number of para-hydroxylation sites is 1. The van der Waals surface area contributed by atoms with E-state index in [1.807, 2.05) is 0 Å². The Hall–Kier alpha value is -1.79. The summed E-state index contributed by atoms with van der Waals surface area (Å²) in [6, 6.07) is 6.87. The van der Waals surface area contributed by atoms with Crippen LogP contribution >= 0.6 is 11.6 Å². The molecule has 1 aromatic carbocycles. The number of ether oxygens (including phenoxy) is 1. The van der Waals surface area contributed by atoms with Crippen LogP contribution in [0, 0.1) is 0 Å². The Labute approximate surface area is 115 Å². The topological polar surface area (TPSA) is 87.1 Å². The van der Waals surface area contributed by atoms with Gasteiger partial charge in [0.1, 0.15) is 12.4 Å². The molecule has 0 saturated heterocycles. The van der Waals surface area contributed by atoms with E-state index >= 15 is 0 Å². The second-order valence-electron chi connectivity index (χ2n) is 3.78. The van der Waals surface area contributed by atoms with Gasteiger partial charge in [-0.3, -0.25) is 14.5 Å². The average molecular weight is 288 g/mol. The summed E-state index contributed by atoms with van der Waals surface area (Å²) in [6.07, 6.45) is 0. The number of hydrogen-bond donors (Lipinski definition) is 2. The number of nitrogens with zero attached hydrogens (tertiary/aromatic N) is 1. The van der Waals surface area contributed by atoms with E-state index in [-0.39, 0.29) is 26.2 Å². The van der Waals surface area contributed by atoms with Crippen LogP contribution in [0.5, 0.6) is 5.75 Å². The summed E-state index contributed by atoms with van der Waals surface area (Å²) in [5, 5.41) is 17.8. The highest BCUT2D eigenvalue weighted by molar-refractivity contribution is 6.32. The third kappa shape index (κ3) is 6.08. The normalized spacial score (nSPS) is 10.4. The molecular weight excluding hydrogens is 274 g/mol. The number of aliphatic carboxylic acids is 2. The van der Waals surface area contributed by atoms with Crippen molar-refractivity contribution in [3.63, 3.8) is 0 Å². The van der Waals surface area contributed by atoms with Crippen LogP contribution in [0.15, 0.2) is 24.3 Å². The van der Waals surface area contributed by atoms with Crippen molar-refractivity contribution in [3.8, 4) is 5.75 Å². The molecule has 0 saturated carbocycles. The first-order chi connectivity index (χ1) is 8.99. The zero-order valence-electron chi connectivity index (χ0n) is 10.1. The Kier molecular flexibility index (Phi) is 6.11. The Morgan fingerprint density at radius 2 is 1.74 bits per heavy atom. The molecule has 2 N–H and O–H groups in total. The smallest absolute Gasteiger partial charge is 0.317 e. The van der Waals surface area contributed by atoms with Gasteiger partial charge in [0, 0.05) is 6.54 Å². The molecule has 0 amide bonds. The Morgan fingerprint density at radius 3 is 2.26 bits per heavy atom. The van der Waals surface area contributed by atoms with Gasteiger partial charge in [-0.05, 0) is 12.1 Å². The molecule has 6 nitrogen and oxygen atoms in total. The lowest BCUT2D eigenvalue weighted by Gasteiger charge is -2.18. The van der Waals surface area contributed by atoms with Crippen molar-refractivity contribution >= 4 is 23.5 Å². The van der Waals surface area contributed by atoms with Gasteiger partial charge < -0.3 is 14.9 Å². The van der Waals surface area contributed by atoms with Gasteiger partial charge in [0.25, 0.3) is 0 Å². The van der Waals surface area contributed by atoms with Crippen LogP contribution in [0.2, 0.25) is 5.02 Å². The lowest BCUT2D eigenvalue weighted by Crippen LogP contribution is -2.37. The molecule has 0 spiro atoms. The van der Waals surface area contributed by atoms with E-state index in [1.165, 1.54) is 4.90 Å². The third-order valence-electron chi connectivity index (χ3n) is 2.22. The molecular formula is C12H14ClNO5. The van der Waals surface area contributed by atoms with Crippen molar-refractivity contribution in [1.82, 2.24) is 4.90 Å². The maximum Gasteiger partial charge on any atom is 0.317 e. The minimum atomic E-state index is -1.08. The predicted molar refractivity (Wildman–Crippen MR) is 68.7 cm³/mol. The van der Waals surface area contributed by atoms with E-state index in [0.29, 0.717) is 10.8 Å². The van der Waals surface area contributed by atoms with E-state index < -0.39 is 11.9 Å². The second kappa shape index (κ2) is 7.60. The van der Waals surface area contributed by atoms with E-state index in [9.17, 15) is 9.59 Å². The molecule has 0 unspecified atom stereocenters. The third-order valence-corrected chi connectivity index (χ3v) is 2.53. The van der Waals surface area contributed by atoms with Crippen molar-refractivity contribution in [2.45, 2.75) is 0 Å². The Bertz CT molecular complexity index is 436. The molecule has 0 aliphatic heterocycles. The molecule has 0 aliphatic rings. The van der Waals surface area contributed by atoms with Gasteiger partial charge in [-0.1, -0.05) is 23.7 Å². The summed E-state index contributed by atoms with van der Waals surface area (Å²) >= 11 is 5.88. The Balaban J connectivity index is 2.45. The first kappa shape index (κ1) is 15.3. The summed E-state index contributed by atoms with van der Waals surface area (Å²) < 4.78 is 5.37. The monoisotopic (exact) mass is 287 g/mol. The van der Waals surface area contributed by atoms with E-state index in [2.05, 4.69) is 0 Å². The fraction of sp³-hybridized carbons (Fsp3) is 0.333. The fourth-order valence-electron chi connectivity index (χ4n) is 1.44. The number of carboxylic acid groups (broad SMARTS) is 2. The molecule has 1 rings (SSSR count). The highest BCUT2D eigenvalue weighted by atomic mass is 35.5. The maximum absolute atomic E-state index is 10.6. The van der Waals surface area contributed by atoms with Gasteiger partial charge >= 0.3 is 11.9 Å². The van der Waals surface area contributed by atoms with Gasteiger partial charge in [-0.2, -0.15) is 0 Å². The lowest BCUT2D eigenvalue weighted by atomic mass is 10.3. The molecule has 1 aromatic rings. The predicted octanol–water partition coefficient (Wildman–Crippen LogP) is 1.19. The number of carbonyl (C=O) groups is 2. The van der Waals surface area contributed by atoms with Crippen LogP contribution in [0.3, 0.4) is 0 Å². The van der Waals surface area contributed by atoms with Crippen LogP contribution in [0.4, 0.5) is 0 Å². The summed E-state index contributed by atoms with van der Waals surface area (Å²) in [4.78, 5) is 22.4. The van der Waals surface area contributed by atoms with E-state index in [1.54, 1.807) is 24.3 Å². The highest BCUT2D eigenvalue weighted by Gasteiger charge is 2.13. The lowest BCUT2D eigenvalue weighted by molar-refractivity contribution is -0.141. The summed E-state index contributed by atoms with van der Waals surface area (Å²) in [7, 11) is 0. The van der Waals surface area contributed by atoms with Gasteiger partial charge in [-0.25, -0.2) is 0 Å². The van der Waals surface area contributed by atoms with Crippen LogP contribution < -0.4 is 4.74 Å². The van der Waals surface area contributed by atoms with Crippen molar-refractivity contribution in [3.05, 3.63) is 29.3 Å². The number of carboxylic acids is 2. The van der Waals surface area contributed by atoms with Crippen LogP contribution in [0.1, 0.15) is 0 Å². The Morgan fingerprint density at radius 1 is 1.16 bits per heavy atom. The fourth-order valence-corrected chi connectivity index (χ4v) is 1.63. The van der Waals surface area contributed by atoms with E-state index in [4.69, 9.17) is 26.6 Å². The molecule has 0 fully saturated rings. The molecule has 0 atom stereocenters. The standard InChI is InChI=1S/C12H14ClNO5/c13-9-3-1-2-4-10(9)19-6-5-14(7-11(15)16)8-12(17)18/h1-4H,5-8H2,(H,15,16)(H,17,18). The van der Waals surface area contributed by atoms with Crippen LogP contribution in [-0.2, 0) is 9.59 Å². The van der Waals surface area contributed by atoms with Crippen LogP contribution in [-0.4, -0.2) is 53.3 Å². The van der Waals surface area contributed by atoms with Gasteiger partial charge in [0.05, 0.1) is 18.1 Å². The minimum Gasteiger partial charge on any atom is -0.491 e. The second-order valence-corrected chi connectivity index (χ2v) is 4.18. The van der Waals surface area contributed by atoms with Crippen molar-refractivity contribution in [1.29, 1.82) is 0 Å². The molecule has 7 heteroatoms. The largest absolute Gasteiger partial charge is 0.491 e. The molecule has 0 aromatic heterocycles. The quantitative estimate of drug-likeness (QED) is 0.747. The van der Waals surface area contributed by atoms with Gasteiger partial charge in [0.15, 0.2) is 0 Å². The number of rotatable bonds is 8. The van der Waals surface area contributed by atoms with Crippen molar-refractivity contribution in [2.24, 2.45) is 0 Å². The zero-order valence-corrected chi connectivity index (χ0v) is 10.8. The maximum atomic E-state index is 10.6. The molecule has 0 radical (unpaired) electrons. The zero-order chi connectivity index (χ0) is 14.3. The average Bonchev–Trinajstić information content (AvgIpc) is 2.30. The summed E-state index contributed by atoms with van der Waals surface area (Å²) in [5.41, 5.74) is 0. The first-order valence-electron chi connectivity index (χ1n) is 5.52. The molecule has 0 heterocycles. The van der Waals surface area contributed by atoms with Crippen LogP contribution in [0.25, 0.3) is 0 Å². The molecule has 0 aliphatic carbocycles. The molecule has 104 valence electrons. The van der Waals surface area contributed by atoms with Crippen molar-refractivity contribution in [2.75, 3.05) is 26.2 Å². The summed E-state index contributed by atoms with van der Waals surface area (Å²) in [6.45, 7) is -0.357. The van der Waals surface area contributed by atoms with Gasteiger partial charge in [-0.15, -0.1) is 0 Å². The SMILES string of the molecule is O=C(O)CN(CCOc1ccccc1Cl)CC(=O)O. The highest BCUT2D eigenvalue weighted by Crippen LogP contribution is 2.22. The molecule has 0 bridgehead atoms. The first-order valence-corrected chi connectivity index (χ1v) is 5.90. The van der Waals surface area contributed by atoms with Gasteiger partial charge in [0.2, 0.25) is 0 Å². The number of hydrogen-bond acceptors (Lipinski definition) is 4.